The number of hydrogen-bond donors (Lipinski definition) is 1. The predicted octanol–water partition coefficient (Wildman–Crippen LogP) is 3.89. The second-order valence-corrected chi connectivity index (χ2v) is 6.13. The van der Waals surface area contributed by atoms with Crippen LogP contribution < -0.4 is 5.32 Å². The summed E-state index contributed by atoms with van der Waals surface area (Å²) in [6.45, 7) is 6.72. The molecule has 0 aliphatic heterocycles. The van der Waals surface area contributed by atoms with Gasteiger partial charge in [-0.3, -0.25) is 10.1 Å². The van der Waals surface area contributed by atoms with E-state index in [1.807, 2.05) is 0 Å². The van der Waals surface area contributed by atoms with Gasteiger partial charge in [-0.25, -0.2) is 4.68 Å². The SMILES string of the molecule is CCCn1nc(C)c([N+](=O)[O-])c1NC1CCCCCC1C. The molecule has 1 fully saturated rings. The quantitative estimate of drug-likeness (QED) is 0.508. The van der Waals surface area contributed by atoms with Crippen LogP contribution in [0.5, 0.6) is 0 Å². The van der Waals surface area contributed by atoms with Crippen molar-refractivity contribution in [2.24, 2.45) is 5.92 Å². The van der Waals surface area contributed by atoms with E-state index in [9.17, 15) is 10.1 Å². The highest BCUT2D eigenvalue weighted by molar-refractivity contribution is 5.60. The van der Waals surface area contributed by atoms with Crippen LogP contribution in [-0.4, -0.2) is 20.7 Å². The normalized spacial score (nSPS) is 22.8. The summed E-state index contributed by atoms with van der Waals surface area (Å²) >= 11 is 0. The Bertz CT molecular complexity index is 498. The van der Waals surface area contributed by atoms with E-state index in [-0.39, 0.29) is 10.6 Å². The third-order valence-electron chi connectivity index (χ3n) is 4.40. The Balaban J connectivity index is 2.29. The Labute approximate surface area is 126 Å². The molecule has 1 aromatic rings. The zero-order valence-corrected chi connectivity index (χ0v) is 13.3. The van der Waals surface area contributed by atoms with Crippen molar-refractivity contribution in [2.45, 2.75) is 71.9 Å². The summed E-state index contributed by atoms with van der Waals surface area (Å²) in [5, 5.41) is 19.2. The molecule has 1 N–H and O–H groups in total. The lowest BCUT2D eigenvalue weighted by Crippen LogP contribution is -2.28. The minimum Gasteiger partial charge on any atom is -0.362 e. The van der Waals surface area contributed by atoms with E-state index in [0.717, 1.165) is 12.8 Å². The summed E-state index contributed by atoms with van der Waals surface area (Å²) in [5.74, 6) is 1.13. The third kappa shape index (κ3) is 3.54. The van der Waals surface area contributed by atoms with Gasteiger partial charge in [0.25, 0.3) is 0 Å². The molecule has 0 amide bonds. The van der Waals surface area contributed by atoms with E-state index in [1.54, 1.807) is 11.6 Å². The average Bonchev–Trinajstić information content (AvgIpc) is 2.58. The molecule has 21 heavy (non-hydrogen) atoms. The first-order valence-electron chi connectivity index (χ1n) is 8.03. The Hall–Kier alpha value is -1.59. The average molecular weight is 294 g/mol. The predicted molar refractivity (Wildman–Crippen MR) is 83.6 cm³/mol. The molecule has 0 radical (unpaired) electrons. The van der Waals surface area contributed by atoms with E-state index in [1.165, 1.54) is 25.7 Å². The highest BCUT2D eigenvalue weighted by Crippen LogP contribution is 2.32. The molecular weight excluding hydrogens is 268 g/mol. The first-order valence-corrected chi connectivity index (χ1v) is 8.03. The van der Waals surface area contributed by atoms with E-state index in [4.69, 9.17) is 0 Å². The van der Waals surface area contributed by atoms with Crippen LogP contribution >= 0.6 is 0 Å². The number of nitro groups is 1. The van der Waals surface area contributed by atoms with Gasteiger partial charge >= 0.3 is 5.69 Å². The third-order valence-corrected chi connectivity index (χ3v) is 4.40. The smallest absolute Gasteiger partial charge is 0.333 e. The number of rotatable bonds is 5. The number of aromatic nitrogens is 2. The molecule has 1 aromatic heterocycles. The van der Waals surface area contributed by atoms with Gasteiger partial charge in [0.05, 0.1) is 4.92 Å². The summed E-state index contributed by atoms with van der Waals surface area (Å²) in [4.78, 5) is 11.1. The molecule has 0 saturated heterocycles. The van der Waals surface area contributed by atoms with Crippen LogP contribution in [-0.2, 0) is 6.54 Å². The Morgan fingerprint density at radius 2 is 2.10 bits per heavy atom. The standard InChI is InChI=1S/C15H26N4O2/c1-4-10-18-15(14(19(20)21)12(3)17-18)16-13-9-7-5-6-8-11(13)2/h11,13,16H,4-10H2,1-3H3. The maximum absolute atomic E-state index is 11.4. The van der Waals surface area contributed by atoms with Gasteiger partial charge in [0.2, 0.25) is 5.82 Å². The van der Waals surface area contributed by atoms with Crippen molar-refractivity contribution in [1.29, 1.82) is 0 Å². The first kappa shape index (κ1) is 15.8. The molecule has 6 nitrogen and oxygen atoms in total. The van der Waals surface area contributed by atoms with Crippen molar-refractivity contribution < 1.29 is 4.92 Å². The molecule has 1 saturated carbocycles. The Morgan fingerprint density at radius 3 is 2.76 bits per heavy atom. The molecule has 1 aliphatic rings. The second-order valence-electron chi connectivity index (χ2n) is 6.13. The monoisotopic (exact) mass is 294 g/mol. The molecule has 2 unspecified atom stereocenters. The lowest BCUT2D eigenvalue weighted by molar-refractivity contribution is -0.384. The van der Waals surface area contributed by atoms with Gasteiger partial charge in [-0.15, -0.1) is 0 Å². The molecule has 0 aromatic carbocycles. The zero-order chi connectivity index (χ0) is 15.4. The zero-order valence-electron chi connectivity index (χ0n) is 13.3. The van der Waals surface area contributed by atoms with Crippen LogP contribution in [0.3, 0.4) is 0 Å². The Kier molecular flexibility index (Phi) is 5.20. The fraction of sp³-hybridized carbons (Fsp3) is 0.800. The molecular formula is C15H26N4O2. The maximum Gasteiger partial charge on any atom is 0.333 e. The van der Waals surface area contributed by atoms with Crippen molar-refractivity contribution in [1.82, 2.24) is 9.78 Å². The van der Waals surface area contributed by atoms with Crippen molar-refractivity contribution in [3.8, 4) is 0 Å². The topological polar surface area (TPSA) is 73.0 Å². The van der Waals surface area contributed by atoms with E-state index < -0.39 is 0 Å². The fourth-order valence-electron chi connectivity index (χ4n) is 3.19. The van der Waals surface area contributed by atoms with Gasteiger partial charge in [0.15, 0.2) is 0 Å². The number of anilines is 1. The number of nitrogens with zero attached hydrogens (tertiary/aromatic N) is 3. The van der Waals surface area contributed by atoms with Crippen molar-refractivity contribution in [2.75, 3.05) is 5.32 Å². The summed E-state index contributed by atoms with van der Waals surface area (Å²) < 4.78 is 1.77. The van der Waals surface area contributed by atoms with Gasteiger partial charge in [0.1, 0.15) is 5.69 Å². The highest BCUT2D eigenvalue weighted by Gasteiger charge is 2.29. The van der Waals surface area contributed by atoms with Gasteiger partial charge in [-0.1, -0.05) is 33.1 Å². The fourth-order valence-corrected chi connectivity index (χ4v) is 3.19. The summed E-state index contributed by atoms with van der Waals surface area (Å²) in [7, 11) is 0. The second kappa shape index (κ2) is 6.91. The van der Waals surface area contributed by atoms with Crippen LogP contribution in [0.2, 0.25) is 0 Å². The van der Waals surface area contributed by atoms with Gasteiger partial charge in [0, 0.05) is 12.6 Å². The van der Waals surface area contributed by atoms with Gasteiger partial charge in [-0.05, 0) is 32.1 Å². The molecule has 2 rings (SSSR count). The van der Waals surface area contributed by atoms with Crippen LogP contribution in [0.15, 0.2) is 0 Å². The number of aryl methyl sites for hydroxylation is 2. The minimum absolute atomic E-state index is 0.139. The van der Waals surface area contributed by atoms with Crippen molar-refractivity contribution in [3.63, 3.8) is 0 Å². The highest BCUT2D eigenvalue weighted by atomic mass is 16.6. The van der Waals surface area contributed by atoms with Gasteiger partial charge in [-0.2, -0.15) is 5.10 Å². The maximum atomic E-state index is 11.4. The molecule has 2 atom stereocenters. The number of nitrogens with one attached hydrogen (secondary N) is 1. The molecule has 6 heteroatoms. The van der Waals surface area contributed by atoms with Crippen molar-refractivity contribution in [3.05, 3.63) is 15.8 Å². The molecule has 118 valence electrons. The summed E-state index contributed by atoms with van der Waals surface area (Å²) in [6.07, 6.45) is 6.89. The lowest BCUT2D eigenvalue weighted by Gasteiger charge is -2.23. The number of hydrogen-bond acceptors (Lipinski definition) is 4. The van der Waals surface area contributed by atoms with E-state index in [2.05, 4.69) is 24.3 Å². The summed E-state index contributed by atoms with van der Waals surface area (Å²) in [6, 6.07) is 0.304. The van der Waals surface area contributed by atoms with Crippen LogP contribution in [0, 0.1) is 23.0 Å². The largest absolute Gasteiger partial charge is 0.362 e. The summed E-state index contributed by atoms with van der Waals surface area (Å²) in [5.41, 5.74) is 0.636. The molecule has 1 heterocycles. The lowest BCUT2D eigenvalue weighted by atomic mass is 9.97. The van der Waals surface area contributed by atoms with Crippen LogP contribution in [0.4, 0.5) is 11.5 Å². The Morgan fingerprint density at radius 1 is 1.38 bits per heavy atom. The van der Waals surface area contributed by atoms with Gasteiger partial charge < -0.3 is 5.32 Å². The van der Waals surface area contributed by atoms with Crippen molar-refractivity contribution >= 4 is 11.5 Å². The van der Waals surface area contributed by atoms with Crippen LogP contribution in [0.25, 0.3) is 0 Å². The van der Waals surface area contributed by atoms with E-state index in [0.29, 0.717) is 30.0 Å². The minimum atomic E-state index is -0.307. The molecule has 0 spiro atoms. The van der Waals surface area contributed by atoms with Crippen LogP contribution in [0.1, 0.15) is 58.1 Å². The first-order chi connectivity index (χ1) is 10.0. The molecule has 0 bridgehead atoms. The molecule has 1 aliphatic carbocycles. The van der Waals surface area contributed by atoms with E-state index >= 15 is 0 Å².